The zero-order valence-corrected chi connectivity index (χ0v) is 11.7. The second kappa shape index (κ2) is 8.32. The van der Waals surface area contributed by atoms with Gasteiger partial charge in [-0.2, -0.15) is 0 Å². The molecular weight excluding hydrogens is 273 g/mol. The van der Waals surface area contributed by atoms with Gasteiger partial charge in [0.05, 0.1) is 0 Å². The number of halogens is 2. The molecule has 1 aromatic carbocycles. The number of carbonyl (C=O) groups excluding carboxylic acids is 1. The normalized spacial score (nSPS) is 19.4. The summed E-state index contributed by atoms with van der Waals surface area (Å²) in [6, 6.07) is 9.97. The van der Waals surface area contributed by atoms with Crippen molar-refractivity contribution in [2.24, 2.45) is 5.73 Å². The molecule has 0 saturated carbocycles. The molecule has 0 aliphatic carbocycles. The van der Waals surface area contributed by atoms with Gasteiger partial charge in [0.2, 0.25) is 5.91 Å². The zero-order chi connectivity index (χ0) is 11.4. The molecule has 1 fully saturated rings. The Hall–Kier alpha value is -0.810. The van der Waals surface area contributed by atoms with Crippen molar-refractivity contribution in [3.63, 3.8) is 0 Å². The molecule has 0 bridgehead atoms. The number of hydrogen-bond donors (Lipinski definition) is 2. The molecule has 18 heavy (non-hydrogen) atoms. The van der Waals surface area contributed by atoms with Crippen LogP contribution in [0.5, 0.6) is 0 Å². The molecule has 102 valence electrons. The van der Waals surface area contributed by atoms with Crippen LogP contribution in [0, 0.1) is 0 Å². The Morgan fingerprint density at radius 1 is 1.33 bits per heavy atom. The quantitative estimate of drug-likeness (QED) is 0.866. The predicted octanol–water partition coefficient (Wildman–Crippen LogP) is 0.789. The molecule has 0 spiro atoms. The molecule has 3 N–H and O–H groups in total. The minimum Gasteiger partial charge on any atom is -0.368 e. The maximum Gasteiger partial charge on any atom is 0.236 e. The highest BCUT2D eigenvalue weighted by molar-refractivity contribution is 5.85. The number of primary amides is 1. The molecule has 1 saturated heterocycles. The first-order valence-electron chi connectivity index (χ1n) is 5.55. The van der Waals surface area contributed by atoms with Crippen molar-refractivity contribution in [3.05, 3.63) is 35.9 Å². The largest absolute Gasteiger partial charge is 0.368 e. The van der Waals surface area contributed by atoms with Crippen molar-refractivity contribution in [2.75, 3.05) is 19.6 Å². The minimum absolute atomic E-state index is 0. The van der Waals surface area contributed by atoms with Gasteiger partial charge in [-0.25, -0.2) is 0 Å². The second-order valence-corrected chi connectivity index (χ2v) is 4.08. The third-order valence-corrected chi connectivity index (χ3v) is 2.91. The molecule has 6 heteroatoms. The van der Waals surface area contributed by atoms with Crippen LogP contribution in [0.2, 0.25) is 0 Å². The van der Waals surface area contributed by atoms with Crippen LogP contribution in [0.3, 0.4) is 0 Å². The number of amides is 1. The first-order chi connectivity index (χ1) is 7.77. The van der Waals surface area contributed by atoms with Gasteiger partial charge in [0, 0.05) is 26.2 Å². The van der Waals surface area contributed by atoms with E-state index in [9.17, 15) is 4.79 Å². The van der Waals surface area contributed by atoms with Crippen LogP contribution in [0.15, 0.2) is 30.3 Å². The highest BCUT2D eigenvalue weighted by Crippen LogP contribution is 2.09. The van der Waals surface area contributed by atoms with Crippen LogP contribution in [-0.4, -0.2) is 36.5 Å². The maximum atomic E-state index is 11.3. The van der Waals surface area contributed by atoms with Crippen LogP contribution < -0.4 is 11.1 Å². The number of benzene rings is 1. The highest BCUT2D eigenvalue weighted by Gasteiger charge is 2.26. The van der Waals surface area contributed by atoms with Crippen molar-refractivity contribution in [1.82, 2.24) is 10.2 Å². The lowest BCUT2D eigenvalue weighted by Crippen LogP contribution is -2.56. The summed E-state index contributed by atoms with van der Waals surface area (Å²) < 4.78 is 0. The van der Waals surface area contributed by atoms with Gasteiger partial charge in [-0.1, -0.05) is 30.3 Å². The molecule has 1 aromatic rings. The SMILES string of the molecule is Cl.Cl.NC(=O)C1CNCCN1Cc1ccccc1. The first kappa shape index (κ1) is 17.2. The van der Waals surface area contributed by atoms with Crippen molar-refractivity contribution >= 4 is 30.7 Å². The van der Waals surface area contributed by atoms with Gasteiger partial charge in [-0.15, -0.1) is 24.8 Å². The molecule has 1 amide bonds. The fourth-order valence-corrected chi connectivity index (χ4v) is 2.03. The summed E-state index contributed by atoms with van der Waals surface area (Å²) in [7, 11) is 0. The van der Waals surface area contributed by atoms with E-state index in [-0.39, 0.29) is 36.8 Å². The van der Waals surface area contributed by atoms with Gasteiger partial charge in [0.25, 0.3) is 0 Å². The van der Waals surface area contributed by atoms with Gasteiger partial charge in [0.15, 0.2) is 0 Å². The molecule has 1 unspecified atom stereocenters. The fraction of sp³-hybridized carbons (Fsp3) is 0.417. The van der Waals surface area contributed by atoms with Crippen molar-refractivity contribution in [1.29, 1.82) is 0 Å². The molecular formula is C12H19Cl2N3O. The van der Waals surface area contributed by atoms with E-state index >= 15 is 0 Å². The average molecular weight is 292 g/mol. The van der Waals surface area contributed by atoms with E-state index in [1.165, 1.54) is 5.56 Å². The lowest BCUT2D eigenvalue weighted by Gasteiger charge is -2.34. The summed E-state index contributed by atoms with van der Waals surface area (Å²) in [6.07, 6.45) is 0. The smallest absolute Gasteiger partial charge is 0.236 e. The van der Waals surface area contributed by atoms with Crippen LogP contribution in [-0.2, 0) is 11.3 Å². The summed E-state index contributed by atoms with van der Waals surface area (Å²) in [5, 5.41) is 3.19. The number of carbonyl (C=O) groups is 1. The molecule has 0 radical (unpaired) electrons. The molecule has 1 aliphatic rings. The third-order valence-electron chi connectivity index (χ3n) is 2.91. The summed E-state index contributed by atoms with van der Waals surface area (Å²) in [4.78, 5) is 13.4. The average Bonchev–Trinajstić information content (AvgIpc) is 2.31. The lowest BCUT2D eigenvalue weighted by molar-refractivity contribution is -0.124. The first-order valence-corrected chi connectivity index (χ1v) is 5.55. The predicted molar refractivity (Wildman–Crippen MR) is 77.2 cm³/mol. The number of nitrogens with zero attached hydrogens (tertiary/aromatic N) is 1. The Morgan fingerprint density at radius 3 is 2.61 bits per heavy atom. The van der Waals surface area contributed by atoms with E-state index in [1.54, 1.807) is 0 Å². The Bertz CT molecular complexity index is 362. The van der Waals surface area contributed by atoms with Crippen LogP contribution in [0.1, 0.15) is 5.56 Å². The van der Waals surface area contributed by atoms with Crippen LogP contribution in [0.25, 0.3) is 0 Å². The molecule has 0 aromatic heterocycles. The van der Waals surface area contributed by atoms with Gasteiger partial charge in [0.1, 0.15) is 6.04 Å². The second-order valence-electron chi connectivity index (χ2n) is 4.08. The maximum absolute atomic E-state index is 11.3. The minimum atomic E-state index is -0.247. The van der Waals surface area contributed by atoms with E-state index in [1.807, 2.05) is 18.2 Å². The third kappa shape index (κ3) is 4.46. The van der Waals surface area contributed by atoms with Crippen LogP contribution >= 0.6 is 24.8 Å². The number of nitrogens with one attached hydrogen (secondary N) is 1. The summed E-state index contributed by atoms with van der Waals surface area (Å²) in [6.45, 7) is 3.22. The topological polar surface area (TPSA) is 58.4 Å². The number of rotatable bonds is 3. The summed E-state index contributed by atoms with van der Waals surface area (Å²) >= 11 is 0. The van der Waals surface area contributed by atoms with Gasteiger partial charge >= 0.3 is 0 Å². The fourth-order valence-electron chi connectivity index (χ4n) is 2.03. The van der Waals surface area contributed by atoms with Crippen LogP contribution in [0.4, 0.5) is 0 Å². The number of hydrogen-bond acceptors (Lipinski definition) is 3. The van der Waals surface area contributed by atoms with Gasteiger partial charge in [-0.05, 0) is 5.56 Å². The number of piperazine rings is 1. The van der Waals surface area contributed by atoms with E-state index in [4.69, 9.17) is 5.73 Å². The Kier molecular flexibility index (Phi) is 7.95. The Morgan fingerprint density at radius 2 is 2.00 bits per heavy atom. The lowest BCUT2D eigenvalue weighted by atomic mass is 10.1. The highest BCUT2D eigenvalue weighted by atomic mass is 35.5. The van der Waals surface area contributed by atoms with Gasteiger partial charge in [-0.3, -0.25) is 9.69 Å². The number of nitrogens with two attached hydrogens (primary N) is 1. The van der Waals surface area contributed by atoms with E-state index in [2.05, 4.69) is 22.3 Å². The molecule has 1 heterocycles. The Labute approximate surface area is 120 Å². The van der Waals surface area contributed by atoms with E-state index in [0.29, 0.717) is 6.54 Å². The molecule has 2 rings (SSSR count). The van der Waals surface area contributed by atoms with E-state index < -0.39 is 0 Å². The van der Waals surface area contributed by atoms with Gasteiger partial charge < -0.3 is 11.1 Å². The monoisotopic (exact) mass is 291 g/mol. The standard InChI is InChI=1S/C12H17N3O.2ClH/c13-12(16)11-8-14-6-7-15(11)9-10-4-2-1-3-5-10;;/h1-5,11,14H,6-9H2,(H2,13,16);2*1H. The van der Waals surface area contributed by atoms with Crippen molar-refractivity contribution in [3.8, 4) is 0 Å². The Balaban J connectivity index is 0.00000144. The summed E-state index contributed by atoms with van der Waals surface area (Å²) in [5.74, 6) is -0.247. The summed E-state index contributed by atoms with van der Waals surface area (Å²) in [5.41, 5.74) is 6.61. The van der Waals surface area contributed by atoms with Crippen molar-refractivity contribution < 1.29 is 4.79 Å². The van der Waals surface area contributed by atoms with E-state index in [0.717, 1.165) is 19.6 Å². The molecule has 1 aliphatic heterocycles. The van der Waals surface area contributed by atoms with Crippen molar-refractivity contribution in [2.45, 2.75) is 12.6 Å². The zero-order valence-electron chi connectivity index (χ0n) is 10.0. The molecule has 1 atom stereocenters. The molecule has 4 nitrogen and oxygen atoms in total.